The van der Waals surface area contributed by atoms with Crippen molar-refractivity contribution in [2.75, 3.05) is 38.5 Å². The first-order valence-corrected chi connectivity index (χ1v) is 10.3. The standard InChI is InChI=1S/C23H23N7O/c1-29-8-10-30(11-9-29)23(31)17-4-2-16(3-5-17)21-13-22(25-15-24-21)27-19-6-7-20-18(12-19)14-26-28-20/h2-7,12-15H,8-11H2,1H3,(H,26,28)(H,24,25,27). The topological polar surface area (TPSA) is 90.0 Å². The predicted molar refractivity (Wildman–Crippen MR) is 120 cm³/mol. The van der Waals surface area contributed by atoms with Crippen LogP contribution in [0, 0.1) is 0 Å². The van der Waals surface area contributed by atoms with Crippen LogP contribution in [-0.2, 0) is 0 Å². The highest BCUT2D eigenvalue weighted by atomic mass is 16.2. The molecule has 8 heteroatoms. The summed E-state index contributed by atoms with van der Waals surface area (Å²) in [4.78, 5) is 25.6. The first kappa shape index (κ1) is 19.2. The number of carbonyl (C=O) groups excluding carboxylic acids is 1. The molecule has 3 heterocycles. The molecule has 0 radical (unpaired) electrons. The summed E-state index contributed by atoms with van der Waals surface area (Å²) in [6, 6.07) is 15.5. The van der Waals surface area contributed by atoms with E-state index < -0.39 is 0 Å². The maximum atomic E-state index is 12.8. The molecular formula is C23H23N7O. The van der Waals surface area contributed by atoms with Gasteiger partial charge in [0.15, 0.2) is 0 Å². The van der Waals surface area contributed by atoms with Gasteiger partial charge in [0.1, 0.15) is 12.1 Å². The van der Waals surface area contributed by atoms with Gasteiger partial charge >= 0.3 is 0 Å². The van der Waals surface area contributed by atoms with Crippen LogP contribution in [-0.4, -0.2) is 69.1 Å². The van der Waals surface area contributed by atoms with Gasteiger partial charge in [0.2, 0.25) is 0 Å². The lowest BCUT2D eigenvalue weighted by Gasteiger charge is -2.32. The van der Waals surface area contributed by atoms with Gasteiger partial charge in [-0.3, -0.25) is 9.89 Å². The number of aromatic amines is 1. The Labute approximate surface area is 179 Å². The van der Waals surface area contributed by atoms with Gasteiger partial charge in [0, 0.05) is 54.4 Å². The van der Waals surface area contributed by atoms with Gasteiger partial charge in [0.25, 0.3) is 5.91 Å². The zero-order chi connectivity index (χ0) is 21.2. The summed E-state index contributed by atoms with van der Waals surface area (Å²) in [6.07, 6.45) is 3.33. The van der Waals surface area contributed by atoms with Gasteiger partial charge in [-0.15, -0.1) is 0 Å². The summed E-state index contributed by atoms with van der Waals surface area (Å²) >= 11 is 0. The Bertz CT molecular complexity index is 1210. The Morgan fingerprint density at radius 3 is 2.61 bits per heavy atom. The van der Waals surface area contributed by atoms with Crippen LogP contribution in [0.1, 0.15) is 10.4 Å². The van der Waals surface area contributed by atoms with E-state index in [1.807, 2.05) is 53.4 Å². The Kier molecular flexibility index (Phi) is 5.05. The number of aromatic nitrogens is 4. The number of amides is 1. The third kappa shape index (κ3) is 4.10. The number of likely N-dealkylation sites (N-methyl/N-ethyl adjacent to an activating group) is 1. The van der Waals surface area contributed by atoms with Crippen molar-refractivity contribution in [2.45, 2.75) is 0 Å². The molecule has 1 fully saturated rings. The molecule has 2 N–H and O–H groups in total. The first-order valence-electron chi connectivity index (χ1n) is 10.3. The molecule has 4 aromatic rings. The molecule has 0 unspecified atom stereocenters. The molecule has 8 nitrogen and oxygen atoms in total. The summed E-state index contributed by atoms with van der Waals surface area (Å²) in [6.45, 7) is 3.35. The van der Waals surface area contributed by atoms with Crippen molar-refractivity contribution < 1.29 is 4.79 Å². The molecule has 0 aliphatic carbocycles. The Morgan fingerprint density at radius 2 is 1.81 bits per heavy atom. The number of rotatable bonds is 4. The molecule has 0 saturated carbocycles. The van der Waals surface area contributed by atoms with Gasteiger partial charge in [-0.1, -0.05) is 12.1 Å². The van der Waals surface area contributed by atoms with Crippen LogP contribution in [0.5, 0.6) is 0 Å². The lowest BCUT2D eigenvalue weighted by atomic mass is 10.1. The quantitative estimate of drug-likeness (QED) is 0.534. The Morgan fingerprint density at radius 1 is 1.00 bits per heavy atom. The number of fused-ring (bicyclic) bond motifs is 1. The largest absolute Gasteiger partial charge is 0.340 e. The molecule has 1 saturated heterocycles. The second-order valence-corrected chi connectivity index (χ2v) is 7.76. The molecule has 1 amide bonds. The molecule has 0 bridgehead atoms. The highest BCUT2D eigenvalue weighted by Crippen LogP contribution is 2.24. The number of benzene rings is 2. The number of hydrogen-bond donors (Lipinski definition) is 2. The molecule has 156 valence electrons. The van der Waals surface area contributed by atoms with E-state index in [-0.39, 0.29) is 5.91 Å². The second-order valence-electron chi connectivity index (χ2n) is 7.76. The van der Waals surface area contributed by atoms with Crippen LogP contribution in [0.3, 0.4) is 0 Å². The minimum absolute atomic E-state index is 0.0827. The lowest BCUT2D eigenvalue weighted by Crippen LogP contribution is -2.47. The maximum Gasteiger partial charge on any atom is 0.253 e. The molecule has 1 aliphatic rings. The summed E-state index contributed by atoms with van der Waals surface area (Å²) in [5.41, 5.74) is 4.34. The molecule has 2 aromatic heterocycles. The highest BCUT2D eigenvalue weighted by molar-refractivity contribution is 5.94. The van der Waals surface area contributed by atoms with Crippen molar-refractivity contribution in [3.8, 4) is 11.3 Å². The SMILES string of the molecule is CN1CCN(C(=O)c2ccc(-c3cc(Nc4ccc5[nH]ncc5c4)ncn3)cc2)CC1. The van der Waals surface area contributed by atoms with Crippen molar-refractivity contribution in [2.24, 2.45) is 0 Å². The number of H-pyrrole nitrogens is 1. The number of nitrogens with zero attached hydrogens (tertiary/aromatic N) is 5. The third-order valence-corrected chi connectivity index (χ3v) is 5.60. The van der Waals surface area contributed by atoms with Crippen LogP contribution in [0.2, 0.25) is 0 Å². The van der Waals surface area contributed by atoms with Crippen LogP contribution >= 0.6 is 0 Å². The molecule has 1 aliphatic heterocycles. The fraction of sp³-hybridized carbons (Fsp3) is 0.217. The number of nitrogens with one attached hydrogen (secondary N) is 2. The number of hydrogen-bond acceptors (Lipinski definition) is 6. The molecule has 2 aromatic carbocycles. The van der Waals surface area contributed by atoms with E-state index >= 15 is 0 Å². The molecule has 5 rings (SSSR count). The number of carbonyl (C=O) groups is 1. The summed E-state index contributed by atoms with van der Waals surface area (Å²) in [7, 11) is 2.08. The monoisotopic (exact) mass is 413 g/mol. The molecule has 31 heavy (non-hydrogen) atoms. The van der Waals surface area contributed by atoms with E-state index in [9.17, 15) is 4.79 Å². The van der Waals surface area contributed by atoms with Crippen molar-refractivity contribution >= 4 is 28.3 Å². The van der Waals surface area contributed by atoms with Crippen LogP contribution in [0.15, 0.2) is 61.1 Å². The zero-order valence-corrected chi connectivity index (χ0v) is 17.2. The van der Waals surface area contributed by atoms with Gasteiger partial charge in [-0.05, 0) is 37.4 Å². The van der Waals surface area contributed by atoms with Crippen molar-refractivity contribution in [1.29, 1.82) is 0 Å². The van der Waals surface area contributed by atoms with E-state index in [0.717, 1.165) is 54.0 Å². The fourth-order valence-corrected chi connectivity index (χ4v) is 3.73. The first-order chi connectivity index (χ1) is 15.2. The number of piperazine rings is 1. The van der Waals surface area contributed by atoms with Crippen LogP contribution in [0.25, 0.3) is 22.2 Å². The van der Waals surface area contributed by atoms with Crippen LogP contribution in [0.4, 0.5) is 11.5 Å². The molecule has 0 spiro atoms. The lowest BCUT2D eigenvalue weighted by molar-refractivity contribution is 0.0664. The summed E-state index contributed by atoms with van der Waals surface area (Å²) in [5.74, 6) is 0.782. The molecule has 0 atom stereocenters. The average Bonchev–Trinajstić information content (AvgIpc) is 3.27. The van der Waals surface area contributed by atoms with E-state index in [2.05, 4.69) is 37.4 Å². The normalized spacial score (nSPS) is 14.7. The smallest absolute Gasteiger partial charge is 0.253 e. The number of anilines is 2. The van der Waals surface area contributed by atoms with Gasteiger partial charge in [0.05, 0.1) is 17.4 Å². The van der Waals surface area contributed by atoms with Gasteiger partial charge in [-0.25, -0.2) is 9.97 Å². The minimum atomic E-state index is 0.0827. The van der Waals surface area contributed by atoms with Crippen molar-refractivity contribution in [3.63, 3.8) is 0 Å². The summed E-state index contributed by atoms with van der Waals surface area (Å²) < 4.78 is 0. The summed E-state index contributed by atoms with van der Waals surface area (Å²) in [5, 5.41) is 11.3. The fourth-order valence-electron chi connectivity index (χ4n) is 3.73. The van der Waals surface area contributed by atoms with Crippen molar-refractivity contribution in [3.05, 3.63) is 66.6 Å². The van der Waals surface area contributed by atoms with E-state index in [0.29, 0.717) is 11.4 Å². The van der Waals surface area contributed by atoms with Crippen LogP contribution < -0.4 is 5.32 Å². The van der Waals surface area contributed by atoms with Crippen molar-refractivity contribution in [1.82, 2.24) is 30.0 Å². The Balaban J connectivity index is 1.31. The highest BCUT2D eigenvalue weighted by Gasteiger charge is 2.20. The van der Waals surface area contributed by atoms with Gasteiger partial charge in [-0.2, -0.15) is 5.10 Å². The zero-order valence-electron chi connectivity index (χ0n) is 17.2. The molecular weight excluding hydrogens is 390 g/mol. The second kappa shape index (κ2) is 8.16. The predicted octanol–water partition coefficient (Wildman–Crippen LogP) is 3.15. The van der Waals surface area contributed by atoms with E-state index in [1.54, 1.807) is 6.20 Å². The average molecular weight is 413 g/mol. The van der Waals surface area contributed by atoms with E-state index in [4.69, 9.17) is 0 Å². The van der Waals surface area contributed by atoms with Gasteiger partial charge < -0.3 is 15.1 Å². The Hall–Kier alpha value is -3.78. The third-order valence-electron chi connectivity index (χ3n) is 5.60. The van der Waals surface area contributed by atoms with E-state index in [1.165, 1.54) is 6.33 Å². The minimum Gasteiger partial charge on any atom is -0.340 e. The maximum absolute atomic E-state index is 12.8.